The van der Waals surface area contributed by atoms with Crippen molar-refractivity contribution < 1.29 is 9.31 Å². The van der Waals surface area contributed by atoms with Gasteiger partial charge in [-0.05, 0) is 38.0 Å². The molecule has 1 aliphatic carbocycles. The molecule has 0 atom stereocenters. The number of aromatic nitrogens is 1. The molecule has 0 spiro atoms. The number of anilines is 2. The fourth-order valence-electron chi connectivity index (χ4n) is 3.93. The van der Waals surface area contributed by atoms with Gasteiger partial charge in [0.1, 0.15) is 11.5 Å². The zero-order valence-corrected chi connectivity index (χ0v) is 17.4. The van der Waals surface area contributed by atoms with Crippen LogP contribution in [-0.2, 0) is 13.1 Å². The lowest BCUT2D eigenvalue weighted by Crippen LogP contribution is -2.25. The summed E-state index contributed by atoms with van der Waals surface area (Å²) in [7, 11) is 0. The highest BCUT2D eigenvalue weighted by atomic mass is 19.1. The van der Waals surface area contributed by atoms with Gasteiger partial charge < -0.3 is 10.2 Å². The van der Waals surface area contributed by atoms with Crippen LogP contribution in [0.1, 0.15) is 24.5 Å². The van der Waals surface area contributed by atoms with Gasteiger partial charge in [-0.3, -0.25) is 19.5 Å². The van der Waals surface area contributed by atoms with E-state index in [2.05, 4.69) is 5.32 Å². The van der Waals surface area contributed by atoms with E-state index in [1.807, 2.05) is 42.2 Å². The fraction of sp³-hybridized carbons (Fsp3) is 0.261. The van der Waals surface area contributed by atoms with Crippen LogP contribution in [0.4, 0.5) is 21.6 Å². The van der Waals surface area contributed by atoms with Gasteiger partial charge in [-0.25, -0.2) is 4.39 Å². The second kappa shape index (κ2) is 8.22. The number of nitrogens with one attached hydrogen (secondary N) is 1. The predicted molar refractivity (Wildman–Crippen MR) is 119 cm³/mol. The lowest BCUT2D eigenvalue weighted by atomic mass is 10.1. The second-order valence-corrected chi connectivity index (χ2v) is 7.77. The summed E-state index contributed by atoms with van der Waals surface area (Å²) in [5.41, 5.74) is 1.72. The lowest BCUT2D eigenvalue weighted by Gasteiger charge is -2.21. The molecule has 1 aliphatic heterocycles. The Labute approximate surface area is 179 Å². The third-order valence-electron chi connectivity index (χ3n) is 5.59. The number of rotatable bonds is 5. The van der Waals surface area contributed by atoms with Crippen LogP contribution < -0.4 is 15.8 Å². The molecular formula is C23H23FN4O3. The van der Waals surface area contributed by atoms with E-state index in [0.29, 0.717) is 26.1 Å². The van der Waals surface area contributed by atoms with E-state index in [1.165, 1.54) is 17.6 Å². The SMILES string of the molecule is CC1=CC=C(Nc2c([N+](=O)[O-])c3n(c(=O)c2C)CCN3Cc2ccccc2)C(F)=CC1. The number of nitro groups is 1. The van der Waals surface area contributed by atoms with E-state index >= 15 is 0 Å². The first-order valence-electron chi connectivity index (χ1n) is 10.1. The summed E-state index contributed by atoms with van der Waals surface area (Å²) in [6.45, 7) is 4.68. The quantitative estimate of drug-likeness (QED) is 0.563. The van der Waals surface area contributed by atoms with Crippen molar-refractivity contribution in [1.29, 1.82) is 0 Å². The van der Waals surface area contributed by atoms with Crippen LogP contribution in [0.3, 0.4) is 0 Å². The lowest BCUT2D eigenvalue weighted by molar-refractivity contribution is -0.383. The molecule has 4 rings (SSSR count). The monoisotopic (exact) mass is 422 g/mol. The molecule has 31 heavy (non-hydrogen) atoms. The third kappa shape index (κ3) is 3.88. The molecule has 1 aromatic heterocycles. The minimum absolute atomic E-state index is 0.0314. The number of benzene rings is 1. The van der Waals surface area contributed by atoms with Crippen LogP contribution in [0.15, 0.2) is 70.5 Å². The van der Waals surface area contributed by atoms with Gasteiger partial charge in [0.15, 0.2) is 5.82 Å². The molecule has 2 aromatic rings. The Morgan fingerprint density at radius 1 is 1.16 bits per heavy atom. The molecular weight excluding hydrogens is 399 g/mol. The summed E-state index contributed by atoms with van der Waals surface area (Å²) >= 11 is 0. The van der Waals surface area contributed by atoms with Crippen LogP contribution in [0.5, 0.6) is 0 Å². The van der Waals surface area contributed by atoms with Gasteiger partial charge >= 0.3 is 5.69 Å². The Kier molecular flexibility index (Phi) is 5.46. The summed E-state index contributed by atoms with van der Waals surface area (Å²) in [4.78, 5) is 26.5. The van der Waals surface area contributed by atoms with E-state index in [-0.39, 0.29) is 34.0 Å². The summed E-state index contributed by atoms with van der Waals surface area (Å²) in [5.74, 6) is -0.263. The van der Waals surface area contributed by atoms with Gasteiger partial charge in [-0.1, -0.05) is 42.0 Å². The Hall–Kier alpha value is -3.68. The summed E-state index contributed by atoms with van der Waals surface area (Å²) in [5, 5.41) is 15.0. The topological polar surface area (TPSA) is 80.4 Å². The molecule has 1 N–H and O–H groups in total. The number of halogens is 1. The summed E-state index contributed by atoms with van der Waals surface area (Å²) in [6, 6.07) is 9.57. The smallest absolute Gasteiger partial charge is 0.333 e. The molecule has 0 saturated heterocycles. The Morgan fingerprint density at radius 3 is 2.61 bits per heavy atom. The molecule has 0 fully saturated rings. The van der Waals surface area contributed by atoms with Gasteiger partial charge in [0.25, 0.3) is 5.56 Å². The van der Waals surface area contributed by atoms with Gasteiger partial charge in [-0.15, -0.1) is 0 Å². The van der Waals surface area contributed by atoms with Crippen LogP contribution in [0.2, 0.25) is 0 Å². The van der Waals surface area contributed by atoms with Gasteiger partial charge in [0.05, 0.1) is 10.6 Å². The Bertz CT molecular complexity index is 1200. The highest BCUT2D eigenvalue weighted by Gasteiger charge is 2.35. The second-order valence-electron chi connectivity index (χ2n) is 7.77. The van der Waals surface area contributed by atoms with Gasteiger partial charge in [0.2, 0.25) is 0 Å². The van der Waals surface area contributed by atoms with E-state index < -0.39 is 10.8 Å². The zero-order chi connectivity index (χ0) is 22.1. The van der Waals surface area contributed by atoms with Gasteiger partial charge in [0, 0.05) is 25.2 Å². The van der Waals surface area contributed by atoms with Crippen molar-refractivity contribution >= 4 is 17.2 Å². The molecule has 7 nitrogen and oxygen atoms in total. The summed E-state index contributed by atoms with van der Waals surface area (Å²) in [6.07, 6.45) is 5.17. The predicted octanol–water partition coefficient (Wildman–Crippen LogP) is 4.58. The van der Waals surface area contributed by atoms with Crippen LogP contribution >= 0.6 is 0 Å². The molecule has 0 bridgehead atoms. The normalized spacial score (nSPS) is 15.6. The highest BCUT2D eigenvalue weighted by Crippen LogP contribution is 2.40. The number of allylic oxidation sites excluding steroid dienone is 5. The van der Waals surface area contributed by atoms with Crippen LogP contribution in [0.25, 0.3) is 0 Å². The first-order valence-corrected chi connectivity index (χ1v) is 10.1. The van der Waals surface area contributed by atoms with Crippen molar-refractivity contribution in [3.05, 3.63) is 97.3 Å². The first kappa shape index (κ1) is 20.6. The molecule has 0 radical (unpaired) electrons. The Balaban J connectivity index is 1.84. The maximum atomic E-state index is 14.6. The molecule has 2 aliphatic rings. The van der Waals surface area contributed by atoms with E-state index in [4.69, 9.17) is 0 Å². The van der Waals surface area contributed by atoms with Gasteiger partial charge in [-0.2, -0.15) is 0 Å². The zero-order valence-electron chi connectivity index (χ0n) is 17.4. The average Bonchev–Trinajstić information content (AvgIpc) is 3.08. The van der Waals surface area contributed by atoms with Crippen molar-refractivity contribution in [3.63, 3.8) is 0 Å². The molecule has 0 unspecified atom stereocenters. The van der Waals surface area contributed by atoms with E-state index in [0.717, 1.165) is 11.1 Å². The van der Waals surface area contributed by atoms with Crippen molar-refractivity contribution in [2.45, 2.75) is 33.4 Å². The van der Waals surface area contributed by atoms with Crippen molar-refractivity contribution in [1.82, 2.24) is 4.57 Å². The first-order chi connectivity index (χ1) is 14.9. The molecule has 1 aromatic carbocycles. The maximum Gasteiger partial charge on any atom is 0.333 e. The molecule has 0 saturated carbocycles. The van der Waals surface area contributed by atoms with Crippen molar-refractivity contribution in [2.75, 3.05) is 16.8 Å². The minimum atomic E-state index is -0.511. The van der Waals surface area contributed by atoms with Crippen molar-refractivity contribution in [2.24, 2.45) is 0 Å². The molecule has 0 amide bonds. The highest BCUT2D eigenvalue weighted by molar-refractivity contribution is 5.79. The standard InChI is InChI=1S/C23H23FN4O3/c1-15-8-10-18(24)19(11-9-15)25-20-16(2)23(29)27-13-12-26(22(27)21(20)28(30)31)14-17-6-4-3-5-7-17/h3-7,9-11,25H,8,12-14H2,1-2H3. The largest absolute Gasteiger partial charge is 0.347 e. The number of pyridine rings is 1. The minimum Gasteiger partial charge on any atom is -0.347 e. The van der Waals surface area contributed by atoms with E-state index in [9.17, 15) is 19.3 Å². The number of hydrogen-bond acceptors (Lipinski definition) is 5. The Morgan fingerprint density at radius 2 is 1.90 bits per heavy atom. The van der Waals surface area contributed by atoms with Crippen LogP contribution in [-0.4, -0.2) is 16.0 Å². The van der Waals surface area contributed by atoms with Crippen molar-refractivity contribution in [3.8, 4) is 0 Å². The summed E-state index contributed by atoms with van der Waals surface area (Å²) < 4.78 is 16.0. The van der Waals surface area contributed by atoms with Crippen LogP contribution in [0, 0.1) is 17.0 Å². The number of fused-ring (bicyclic) bond motifs is 1. The van der Waals surface area contributed by atoms with E-state index in [1.54, 1.807) is 12.2 Å². The number of hydrogen-bond donors (Lipinski definition) is 1. The third-order valence-corrected chi connectivity index (χ3v) is 5.59. The molecule has 2 heterocycles. The average molecular weight is 422 g/mol. The molecule has 8 heteroatoms. The molecule has 160 valence electrons. The number of nitrogens with zero attached hydrogens (tertiary/aromatic N) is 3. The fourth-order valence-corrected chi connectivity index (χ4v) is 3.93. The maximum absolute atomic E-state index is 14.6.